The Morgan fingerprint density at radius 2 is 1.16 bits per heavy atom. The van der Waals surface area contributed by atoms with Gasteiger partial charge in [0.25, 0.3) is 0 Å². The molecule has 1 saturated heterocycles. The number of hydrogen-bond donors (Lipinski definition) is 6. The fourth-order valence-electron chi connectivity index (χ4n) is 6.23. The van der Waals surface area contributed by atoms with Crippen molar-refractivity contribution in [2.45, 2.75) is 211 Å². The van der Waals surface area contributed by atoms with E-state index in [1.54, 1.807) is 6.08 Å². The number of carbonyl (C=O) groups is 1. The third kappa shape index (κ3) is 23.0. The van der Waals surface area contributed by atoms with E-state index in [-0.39, 0.29) is 12.5 Å². The summed E-state index contributed by atoms with van der Waals surface area (Å²) in [5.74, 6) is -0.189. The first-order valence-electron chi connectivity index (χ1n) is 20.1. The molecule has 0 radical (unpaired) electrons. The van der Waals surface area contributed by atoms with Crippen LogP contribution in [0.3, 0.4) is 0 Å². The monoisotopic (exact) mass is 698 g/mol. The van der Waals surface area contributed by atoms with Gasteiger partial charge in [0.2, 0.25) is 5.91 Å². The van der Waals surface area contributed by atoms with Gasteiger partial charge in [0.1, 0.15) is 24.4 Å². The van der Waals surface area contributed by atoms with Crippen LogP contribution in [0.15, 0.2) is 24.3 Å². The van der Waals surface area contributed by atoms with Crippen LogP contribution < -0.4 is 5.32 Å². The number of hydrogen-bond acceptors (Lipinski definition) is 8. The van der Waals surface area contributed by atoms with Crippen LogP contribution >= 0.6 is 0 Å². The van der Waals surface area contributed by atoms with E-state index >= 15 is 0 Å². The van der Waals surface area contributed by atoms with Gasteiger partial charge < -0.3 is 40.3 Å². The van der Waals surface area contributed by atoms with Gasteiger partial charge in [-0.1, -0.05) is 154 Å². The summed E-state index contributed by atoms with van der Waals surface area (Å²) in [6.07, 6.45) is 27.9. The quantitative estimate of drug-likeness (QED) is 0.0320. The summed E-state index contributed by atoms with van der Waals surface area (Å²) < 4.78 is 11.1. The first-order chi connectivity index (χ1) is 23.8. The summed E-state index contributed by atoms with van der Waals surface area (Å²) in [5.41, 5.74) is 0. The van der Waals surface area contributed by atoms with Crippen molar-refractivity contribution >= 4 is 5.91 Å². The highest BCUT2D eigenvalue weighted by Gasteiger charge is 2.44. The molecule has 9 nitrogen and oxygen atoms in total. The molecule has 1 aliphatic rings. The smallest absolute Gasteiger partial charge is 0.220 e. The molecule has 6 N–H and O–H groups in total. The van der Waals surface area contributed by atoms with Gasteiger partial charge in [-0.05, 0) is 32.1 Å². The zero-order chi connectivity index (χ0) is 36.0. The Labute approximate surface area is 298 Å². The van der Waals surface area contributed by atoms with Crippen LogP contribution in [0.25, 0.3) is 0 Å². The zero-order valence-electron chi connectivity index (χ0n) is 31.2. The maximum absolute atomic E-state index is 12.9. The minimum absolute atomic E-state index is 0.189. The van der Waals surface area contributed by atoms with Crippen LogP contribution in [0.5, 0.6) is 0 Å². The normalized spacial score (nSPS) is 22.6. The van der Waals surface area contributed by atoms with E-state index in [1.165, 1.54) is 109 Å². The third-order valence-corrected chi connectivity index (χ3v) is 9.53. The maximum atomic E-state index is 12.9. The number of nitrogens with one attached hydrogen (secondary N) is 1. The first kappa shape index (κ1) is 45.7. The molecule has 0 aromatic carbocycles. The second-order valence-electron chi connectivity index (χ2n) is 14.1. The number of amides is 1. The molecule has 1 heterocycles. The van der Waals surface area contributed by atoms with Gasteiger partial charge in [0, 0.05) is 6.42 Å². The number of rotatable bonds is 32. The van der Waals surface area contributed by atoms with Crippen LogP contribution in [0.4, 0.5) is 0 Å². The Kier molecular flexibility index (Phi) is 29.3. The molecule has 0 aromatic heterocycles. The summed E-state index contributed by atoms with van der Waals surface area (Å²) in [5, 5.41) is 53.9. The van der Waals surface area contributed by atoms with Crippen molar-refractivity contribution in [3.8, 4) is 0 Å². The third-order valence-electron chi connectivity index (χ3n) is 9.53. The van der Waals surface area contributed by atoms with Crippen LogP contribution in [0.2, 0.25) is 0 Å². The highest BCUT2D eigenvalue weighted by Crippen LogP contribution is 2.22. The first-order valence-corrected chi connectivity index (χ1v) is 20.1. The number of carbonyl (C=O) groups excluding carboxylic acids is 1. The Morgan fingerprint density at radius 3 is 1.71 bits per heavy atom. The molecule has 1 aliphatic heterocycles. The molecule has 2 unspecified atom stereocenters. The van der Waals surface area contributed by atoms with E-state index in [4.69, 9.17) is 9.47 Å². The number of aliphatic hydroxyl groups excluding tert-OH is 5. The Bertz CT molecular complexity index is 822. The lowest BCUT2D eigenvalue weighted by Gasteiger charge is -2.40. The molecular formula is C40H75NO8. The topological polar surface area (TPSA) is 149 Å². The molecule has 0 bridgehead atoms. The van der Waals surface area contributed by atoms with Gasteiger partial charge in [0.05, 0.1) is 25.4 Å². The molecule has 0 saturated carbocycles. The lowest BCUT2D eigenvalue weighted by atomic mass is 9.99. The minimum Gasteiger partial charge on any atom is -0.394 e. The van der Waals surface area contributed by atoms with E-state index in [1.807, 2.05) is 6.08 Å². The van der Waals surface area contributed by atoms with E-state index < -0.39 is 49.5 Å². The molecule has 1 amide bonds. The molecule has 1 rings (SSSR count). The van der Waals surface area contributed by atoms with Crippen molar-refractivity contribution in [3.63, 3.8) is 0 Å². The fraction of sp³-hybridized carbons (Fsp3) is 0.875. The Balaban J connectivity index is 2.45. The van der Waals surface area contributed by atoms with E-state index in [0.717, 1.165) is 38.5 Å². The number of allylic oxidation sites excluding steroid dienone is 3. The number of unbranched alkanes of at least 4 members (excludes halogenated alkanes) is 20. The molecule has 0 spiro atoms. The van der Waals surface area contributed by atoms with Crippen molar-refractivity contribution in [3.05, 3.63) is 24.3 Å². The summed E-state index contributed by atoms with van der Waals surface area (Å²) in [6, 6.07) is -0.814. The van der Waals surface area contributed by atoms with E-state index in [9.17, 15) is 30.3 Å². The average Bonchev–Trinajstić information content (AvgIpc) is 3.10. The van der Waals surface area contributed by atoms with Gasteiger partial charge in [0.15, 0.2) is 6.29 Å². The molecule has 0 aliphatic carbocycles. The molecular weight excluding hydrogens is 622 g/mol. The predicted octanol–water partition coefficient (Wildman–Crippen LogP) is 7.16. The molecule has 288 valence electrons. The highest BCUT2D eigenvalue weighted by molar-refractivity contribution is 5.76. The van der Waals surface area contributed by atoms with E-state index in [0.29, 0.717) is 6.42 Å². The SMILES string of the molecule is CCCCCCCC/C=C/CC/C=C/[C@@H](O)[C@H](CO[C@H]1O[C@@H](CO)[C@H](O)C(O)C1O)NC(=O)CCCCCCCCCCCCCCCC. The van der Waals surface area contributed by atoms with Crippen LogP contribution in [-0.2, 0) is 14.3 Å². The summed E-state index contributed by atoms with van der Waals surface area (Å²) in [7, 11) is 0. The second kappa shape index (κ2) is 31.4. The minimum atomic E-state index is -1.57. The maximum Gasteiger partial charge on any atom is 0.220 e. The van der Waals surface area contributed by atoms with Gasteiger partial charge >= 0.3 is 0 Å². The van der Waals surface area contributed by atoms with Crippen molar-refractivity contribution in [2.24, 2.45) is 0 Å². The van der Waals surface area contributed by atoms with Crippen molar-refractivity contribution in [2.75, 3.05) is 13.2 Å². The van der Waals surface area contributed by atoms with Crippen LogP contribution in [-0.4, -0.2) is 87.5 Å². The molecule has 49 heavy (non-hydrogen) atoms. The number of aliphatic hydroxyl groups is 5. The van der Waals surface area contributed by atoms with Crippen LogP contribution in [0.1, 0.15) is 168 Å². The van der Waals surface area contributed by atoms with Crippen molar-refractivity contribution in [1.29, 1.82) is 0 Å². The van der Waals surface area contributed by atoms with Crippen LogP contribution in [0, 0.1) is 0 Å². The Hall–Kier alpha value is -1.33. The van der Waals surface area contributed by atoms with Gasteiger partial charge in [-0.3, -0.25) is 4.79 Å². The second-order valence-corrected chi connectivity index (χ2v) is 14.1. The standard InChI is InChI=1S/C40H75NO8/c1-3-5-7-9-11-13-15-17-18-20-22-24-26-28-30-36(44)41-33(32-48-40-39(47)38(46)37(45)35(31-42)49-40)34(43)29-27-25-23-21-19-16-14-12-10-8-6-4-2/h19,21,27,29,33-35,37-40,42-43,45-47H,3-18,20,22-26,28,30-32H2,1-2H3,(H,41,44)/b21-19+,29-27+/t33-,34+,35-,37-,38?,39?,40-/m0/s1. The molecule has 0 aromatic rings. The summed E-state index contributed by atoms with van der Waals surface area (Å²) in [6.45, 7) is 3.72. The van der Waals surface area contributed by atoms with Crippen molar-refractivity contribution < 1.29 is 39.8 Å². The average molecular weight is 698 g/mol. The summed E-state index contributed by atoms with van der Waals surface area (Å²) in [4.78, 5) is 12.9. The largest absolute Gasteiger partial charge is 0.394 e. The van der Waals surface area contributed by atoms with Gasteiger partial charge in [-0.15, -0.1) is 0 Å². The fourth-order valence-corrected chi connectivity index (χ4v) is 6.23. The lowest BCUT2D eigenvalue weighted by Crippen LogP contribution is -2.60. The summed E-state index contributed by atoms with van der Waals surface area (Å²) >= 11 is 0. The van der Waals surface area contributed by atoms with Crippen molar-refractivity contribution in [1.82, 2.24) is 5.32 Å². The molecule has 1 fully saturated rings. The molecule has 9 heteroatoms. The number of ether oxygens (including phenoxy) is 2. The van der Waals surface area contributed by atoms with Gasteiger partial charge in [-0.25, -0.2) is 0 Å². The zero-order valence-corrected chi connectivity index (χ0v) is 31.2. The van der Waals surface area contributed by atoms with E-state index in [2.05, 4.69) is 31.3 Å². The lowest BCUT2D eigenvalue weighted by molar-refractivity contribution is -0.302. The Morgan fingerprint density at radius 1 is 0.673 bits per heavy atom. The van der Waals surface area contributed by atoms with Gasteiger partial charge in [-0.2, -0.15) is 0 Å². The molecule has 7 atom stereocenters. The highest BCUT2D eigenvalue weighted by atomic mass is 16.7. The predicted molar refractivity (Wildman–Crippen MR) is 198 cm³/mol.